The fourth-order valence-corrected chi connectivity index (χ4v) is 1.89. The molecule has 2 rings (SSSR count). The van der Waals surface area contributed by atoms with Crippen molar-refractivity contribution >= 4 is 0 Å². The van der Waals surface area contributed by atoms with Crippen LogP contribution in [0.1, 0.15) is 24.8 Å². The average molecular weight is 209 g/mol. The van der Waals surface area contributed by atoms with E-state index in [2.05, 4.69) is 5.32 Å². The Labute approximate surface area is 89.1 Å². The van der Waals surface area contributed by atoms with Gasteiger partial charge < -0.3 is 10.4 Å². The van der Waals surface area contributed by atoms with Crippen LogP contribution in [0.2, 0.25) is 0 Å². The maximum Gasteiger partial charge on any atom is 0.123 e. The van der Waals surface area contributed by atoms with E-state index in [9.17, 15) is 4.39 Å². The minimum Gasteiger partial charge on any atom is -0.396 e. The summed E-state index contributed by atoms with van der Waals surface area (Å²) in [6.45, 7) is 0.985. The van der Waals surface area contributed by atoms with E-state index in [1.807, 2.05) is 6.07 Å². The molecule has 82 valence electrons. The topological polar surface area (TPSA) is 32.3 Å². The second kappa shape index (κ2) is 4.29. The second-order valence-corrected chi connectivity index (χ2v) is 4.10. The third-order valence-corrected chi connectivity index (χ3v) is 2.93. The summed E-state index contributed by atoms with van der Waals surface area (Å²) in [6, 6.07) is 6.77. The zero-order valence-electron chi connectivity index (χ0n) is 8.67. The van der Waals surface area contributed by atoms with Gasteiger partial charge in [-0.2, -0.15) is 0 Å². The first kappa shape index (κ1) is 10.6. The number of hydrogen-bond donors (Lipinski definition) is 2. The molecule has 0 amide bonds. The Morgan fingerprint density at radius 1 is 1.40 bits per heavy atom. The first-order valence-electron chi connectivity index (χ1n) is 5.39. The van der Waals surface area contributed by atoms with Crippen molar-refractivity contribution < 1.29 is 9.50 Å². The third kappa shape index (κ3) is 2.36. The minimum absolute atomic E-state index is 0.0166. The summed E-state index contributed by atoms with van der Waals surface area (Å²) in [5.41, 5.74) is 1.01. The van der Waals surface area contributed by atoms with Gasteiger partial charge in [-0.3, -0.25) is 0 Å². The number of aliphatic hydroxyl groups is 1. The highest BCUT2D eigenvalue weighted by Gasteiger charge is 2.43. The van der Waals surface area contributed by atoms with Crippen molar-refractivity contribution in [1.82, 2.24) is 5.32 Å². The van der Waals surface area contributed by atoms with E-state index in [-0.39, 0.29) is 18.0 Å². The van der Waals surface area contributed by atoms with Gasteiger partial charge in [0.25, 0.3) is 0 Å². The van der Waals surface area contributed by atoms with E-state index in [0.717, 1.165) is 31.4 Å². The lowest BCUT2D eigenvalue weighted by Crippen LogP contribution is -2.30. The monoisotopic (exact) mass is 209 g/mol. The van der Waals surface area contributed by atoms with E-state index >= 15 is 0 Å². The Hall–Kier alpha value is -0.930. The molecule has 0 bridgehead atoms. The molecular formula is C12H16FNO. The van der Waals surface area contributed by atoms with Crippen LogP contribution in [0.4, 0.5) is 4.39 Å². The maximum absolute atomic E-state index is 13.0. The Bertz CT molecular complexity index is 336. The number of halogens is 1. The van der Waals surface area contributed by atoms with Gasteiger partial charge >= 0.3 is 0 Å². The predicted molar refractivity (Wildman–Crippen MR) is 57.0 cm³/mol. The van der Waals surface area contributed by atoms with Crippen LogP contribution in [0.5, 0.6) is 0 Å². The molecule has 0 unspecified atom stereocenters. The molecule has 0 radical (unpaired) electrons. The zero-order chi connectivity index (χ0) is 10.7. The average Bonchev–Trinajstić information content (AvgIpc) is 3.00. The number of hydrogen-bond acceptors (Lipinski definition) is 2. The highest BCUT2D eigenvalue weighted by Crippen LogP contribution is 2.45. The van der Waals surface area contributed by atoms with Crippen molar-refractivity contribution in [3.05, 3.63) is 35.6 Å². The molecule has 1 aromatic rings. The highest BCUT2D eigenvalue weighted by atomic mass is 19.1. The van der Waals surface area contributed by atoms with Crippen LogP contribution in [0.3, 0.4) is 0 Å². The zero-order valence-corrected chi connectivity index (χ0v) is 8.67. The van der Waals surface area contributed by atoms with Crippen LogP contribution >= 0.6 is 0 Å². The fraction of sp³-hybridized carbons (Fsp3) is 0.500. The molecule has 1 aromatic carbocycles. The standard InChI is InChI=1S/C12H16FNO/c13-11-4-1-3-10(9-11)12(5-6-12)14-7-2-8-15/h1,3-4,9,14-15H,2,5-8H2. The fourth-order valence-electron chi connectivity index (χ4n) is 1.89. The van der Waals surface area contributed by atoms with E-state index < -0.39 is 0 Å². The van der Waals surface area contributed by atoms with Crippen molar-refractivity contribution in [2.75, 3.05) is 13.2 Å². The molecule has 15 heavy (non-hydrogen) atoms. The molecule has 0 saturated heterocycles. The molecule has 1 aliphatic carbocycles. The van der Waals surface area contributed by atoms with Gasteiger partial charge in [0.2, 0.25) is 0 Å². The normalized spacial score (nSPS) is 17.7. The van der Waals surface area contributed by atoms with Crippen LogP contribution in [0, 0.1) is 5.82 Å². The molecule has 0 aromatic heterocycles. The molecule has 1 aliphatic rings. The molecular weight excluding hydrogens is 193 g/mol. The molecule has 0 atom stereocenters. The van der Waals surface area contributed by atoms with E-state index in [4.69, 9.17) is 5.11 Å². The number of rotatable bonds is 5. The molecule has 1 saturated carbocycles. The van der Waals surface area contributed by atoms with Crippen molar-refractivity contribution in [2.24, 2.45) is 0 Å². The van der Waals surface area contributed by atoms with Gasteiger partial charge in [-0.1, -0.05) is 12.1 Å². The van der Waals surface area contributed by atoms with Gasteiger partial charge in [0.1, 0.15) is 5.82 Å². The van der Waals surface area contributed by atoms with Gasteiger partial charge in [0, 0.05) is 12.1 Å². The van der Waals surface area contributed by atoms with Gasteiger partial charge in [0.15, 0.2) is 0 Å². The number of aliphatic hydroxyl groups excluding tert-OH is 1. The largest absolute Gasteiger partial charge is 0.396 e. The molecule has 2 nitrogen and oxygen atoms in total. The van der Waals surface area contributed by atoms with Gasteiger partial charge in [-0.15, -0.1) is 0 Å². The minimum atomic E-state index is -0.178. The Morgan fingerprint density at radius 2 is 2.20 bits per heavy atom. The van der Waals surface area contributed by atoms with Crippen LogP contribution in [-0.2, 0) is 5.54 Å². The number of benzene rings is 1. The van der Waals surface area contributed by atoms with Crippen LogP contribution in [-0.4, -0.2) is 18.3 Å². The smallest absolute Gasteiger partial charge is 0.123 e. The predicted octanol–water partition coefficient (Wildman–Crippen LogP) is 1.79. The summed E-state index contributed by atoms with van der Waals surface area (Å²) in [6.07, 6.45) is 2.86. The lowest BCUT2D eigenvalue weighted by molar-refractivity contribution is 0.282. The van der Waals surface area contributed by atoms with Crippen LogP contribution < -0.4 is 5.32 Å². The maximum atomic E-state index is 13.0. The molecule has 3 heteroatoms. The Morgan fingerprint density at radius 3 is 2.80 bits per heavy atom. The summed E-state index contributed by atoms with van der Waals surface area (Å²) in [5.74, 6) is -0.178. The summed E-state index contributed by atoms with van der Waals surface area (Å²) < 4.78 is 13.0. The summed E-state index contributed by atoms with van der Waals surface area (Å²) in [5, 5.41) is 12.1. The molecule has 1 fully saturated rings. The molecule has 0 spiro atoms. The second-order valence-electron chi connectivity index (χ2n) is 4.10. The summed E-state index contributed by atoms with van der Waals surface area (Å²) >= 11 is 0. The summed E-state index contributed by atoms with van der Waals surface area (Å²) in [4.78, 5) is 0. The summed E-state index contributed by atoms with van der Waals surface area (Å²) in [7, 11) is 0. The lowest BCUT2D eigenvalue weighted by Gasteiger charge is -2.17. The van der Waals surface area contributed by atoms with Gasteiger partial charge in [-0.25, -0.2) is 4.39 Å². The molecule has 2 N–H and O–H groups in total. The van der Waals surface area contributed by atoms with Crippen LogP contribution in [0.25, 0.3) is 0 Å². The SMILES string of the molecule is OCCCNC1(c2cccc(F)c2)CC1. The van der Waals surface area contributed by atoms with Gasteiger partial charge in [0.05, 0.1) is 0 Å². The highest BCUT2D eigenvalue weighted by molar-refractivity contribution is 5.30. The molecule has 0 heterocycles. The van der Waals surface area contributed by atoms with Crippen LogP contribution in [0.15, 0.2) is 24.3 Å². The van der Waals surface area contributed by atoms with E-state index in [1.54, 1.807) is 12.1 Å². The van der Waals surface area contributed by atoms with Crippen molar-refractivity contribution in [3.8, 4) is 0 Å². The molecule has 0 aliphatic heterocycles. The van der Waals surface area contributed by atoms with Crippen molar-refractivity contribution in [3.63, 3.8) is 0 Å². The lowest BCUT2D eigenvalue weighted by atomic mass is 10.0. The van der Waals surface area contributed by atoms with Crippen molar-refractivity contribution in [2.45, 2.75) is 24.8 Å². The first-order chi connectivity index (χ1) is 7.27. The quantitative estimate of drug-likeness (QED) is 0.725. The third-order valence-electron chi connectivity index (χ3n) is 2.93. The first-order valence-corrected chi connectivity index (χ1v) is 5.39. The van der Waals surface area contributed by atoms with Gasteiger partial charge in [-0.05, 0) is 43.5 Å². The van der Waals surface area contributed by atoms with E-state index in [1.165, 1.54) is 6.07 Å². The Balaban J connectivity index is 2.02. The Kier molecular flexibility index (Phi) is 3.03. The van der Waals surface area contributed by atoms with Crippen molar-refractivity contribution in [1.29, 1.82) is 0 Å². The van der Waals surface area contributed by atoms with E-state index in [0.29, 0.717) is 0 Å². The number of nitrogens with one attached hydrogen (secondary N) is 1.